The van der Waals surface area contributed by atoms with Crippen molar-refractivity contribution in [3.05, 3.63) is 0 Å². The van der Waals surface area contributed by atoms with E-state index in [9.17, 15) is 0 Å². The number of rotatable bonds is 3. The average Bonchev–Trinajstić information content (AvgIpc) is 2.36. The highest BCUT2D eigenvalue weighted by molar-refractivity contribution is 5.85. The van der Waals surface area contributed by atoms with Crippen molar-refractivity contribution in [2.24, 2.45) is 23.2 Å². The summed E-state index contributed by atoms with van der Waals surface area (Å²) in [7, 11) is 2.26. The maximum Gasteiger partial charge on any atom is 0.0110 e. The van der Waals surface area contributed by atoms with Crippen molar-refractivity contribution in [1.29, 1.82) is 0 Å². The number of nitrogens with zero attached hydrogens (tertiary/aromatic N) is 2. The van der Waals surface area contributed by atoms with Crippen molar-refractivity contribution in [1.82, 2.24) is 9.80 Å². The average molecular weight is 335 g/mol. The molecular weight excluding hydrogens is 303 g/mol. The number of hydrogen-bond donors (Lipinski definition) is 0. The van der Waals surface area contributed by atoms with Crippen LogP contribution >= 0.6 is 24.8 Å². The van der Waals surface area contributed by atoms with Crippen molar-refractivity contribution in [3.63, 3.8) is 0 Å². The number of halogens is 2. The van der Waals surface area contributed by atoms with Gasteiger partial charge in [0.1, 0.15) is 0 Å². The molecule has 0 atom stereocenters. The molecule has 5 aliphatic rings. The van der Waals surface area contributed by atoms with E-state index in [-0.39, 0.29) is 24.8 Å². The van der Waals surface area contributed by atoms with Crippen molar-refractivity contribution in [2.75, 3.05) is 39.8 Å². The highest BCUT2D eigenvalue weighted by atomic mass is 35.5. The Morgan fingerprint density at radius 1 is 0.810 bits per heavy atom. The maximum absolute atomic E-state index is 2.73. The van der Waals surface area contributed by atoms with Crippen LogP contribution in [0.15, 0.2) is 0 Å². The van der Waals surface area contributed by atoms with Crippen LogP contribution in [0.1, 0.15) is 44.9 Å². The zero-order valence-corrected chi connectivity index (χ0v) is 15.1. The third-order valence-corrected chi connectivity index (χ3v) is 6.72. The van der Waals surface area contributed by atoms with Crippen LogP contribution in [-0.2, 0) is 0 Å². The van der Waals surface area contributed by atoms with Crippen LogP contribution in [0.25, 0.3) is 0 Å². The second kappa shape index (κ2) is 6.95. The van der Waals surface area contributed by atoms with Gasteiger partial charge in [0.2, 0.25) is 0 Å². The highest BCUT2D eigenvalue weighted by Crippen LogP contribution is 2.61. The Balaban J connectivity index is 0.000000807. The molecule has 0 radical (unpaired) electrons. The summed E-state index contributed by atoms with van der Waals surface area (Å²) < 4.78 is 0. The first-order chi connectivity index (χ1) is 9.21. The lowest BCUT2D eigenvalue weighted by Gasteiger charge is -2.57. The van der Waals surface area contributed by atoms with E-state index in [1.165, 1.54) is 39.1 Å². The fourth-order valence-corrected chi connectivity index (χ4v) is 6.06. The minimum absolute atomic E-state index is 0. The Morgan fingerprint density at radius 3 is 1.76 bits per heavy atom. The Morgan fingerprint density at radius 2 is 1.29 bits per heavy atom. The molecule has 0 aromatic heterocycles. The van der Waals surface area contributed by atoms with Gasteiger partial charge in [-0.2, -0.15) is 0 Å². The van der Waals surface area contributed by atoms with Gasteiger partial charge < -0.3 is 9.80 Å². The number of piperazine rings is 1. The maximum atomic E-state index is 2.73. The second-order valence-corrected chi connectivity index (χ2v) is 8.31. The Hall–Kier alpha value is 0.500. The smallest absolute Gasteiger partial charge is 0.0110 e. The molecule has 4 heteroatoms. The van der Waals surface area contributed by atoms with Gasteiger partial charge in [0.05, 0.1) is 0 Å². The molecule has 0 aromatic carbocycles. The lowest BCUT2D eigenvalue weighted by molar-refractivity contribution is -0.0620. The van der Waals surface area contributed by atoms with Crippen LogP contribution in [0, 0.1) is 23.2 Å². The van der Waals surface area contributed by atoms with E-state index in [0.717, 1.165) is 23.2 Å². The third-order valence-electron chi connectivity index (χ3n) is 6.72. The lowest BCUT2D eigenvalue weighted by atomic mass is 9.49. The monoisotopic (exact) mass is 334 g/mol. The van der Waals surface area contributed by atoms with E-state index < -0.39 is 0 Å². The molecule has 4 aliphatic carbocycles. The Kier molecular flexibility index (Phi) is 5.90. The highest BCUT2D eigenvalue weighted by Gasteiger charge is 2.50. The molecule has 2 nitrogen and oxygen atoms in total. The van der Waals surface area contributed by atoms with Gasteiger partial charge in [-0.25, -0.2) is 0 Å². The van der Waals surface area contributed by atoms with Crippen LogP contribution in [0.3, 0.4) is 0 Å². The fourth-order valence-electron chi connectivity index (χ4n) is 6.06. The molecule has 0 aromatic rings. The number of likely N-dealkylation sites (N-methyl/N-ethyl adjacent to an activating group) is 1. The summed E-state index contributed by atoms with van der Waals surface area (Å²) in [5.74, 6) is 3.37. The van der Waals surface area contributed by atoms with Gasteiger partial charge in [0.15, 0.2) is 0 Å². The summed E-state index contributed by atoms with van der Waals surface area (Å²) in [6.45, 7) is 6.56. The molecule has 0 spiro atoms. The predicted octanol–water partition coefficient (Wildman–Crippen LogP) is 3.68. The van der Waals surface area contributed by atoms with Gasteiger partial charge >= 0.3 is 0 Å². The summed E-state index contributed by atoms with van der Waals surface area (Å²) in [6, 6.07) is 0. The van der Waals surface area contributed by atoms with Crippen LogP contribution < -0.4 is 0 Å². The standard InChI is InChI=1S/C17H30N2.2ClH/c1-18-4-6-19(7-5-18)3-2-17-11-14-8-15(12-17)10-16(9-14)13-17;;/h14-16H,2-13H2,1H3;2*1H. The molecular formula is C17H32Cl2N2. The third kappa shape index (κ3) is 3.71. The molecule has 5 fully saturated rings. The molecule has 4 bridgehead atoms. The van der Waals surface area contributed by atoms with Crippen molar-refractivity contribution in [2.45, 2.75) is 44.9 Å². The van der Waals surface area contributed by atoms with Crippen LogP contribution in [0.5, 0.6) is 0 Å². The molecule has 1 heterocycles. The molecule has 124 valence electrons. The van der Waals surface area contributed by atoms with E-state index in [1.54, 1.807) is 38.5 Å². The van der Waals surface area contributed by atoms with E-state index >= 15 is 0 Å². The second-order valence-electron chi connectivity index (χ2n) is 8.31. The SMILES string of the molecule is CN1CCN(CCC23CC4CC(CC(C4)C2)C3)CC1.Cl.Cl. The minimum Gasteiger partial charge on any atom is -0.304 e. The van der Waals surface area contributed by atoms with Crippen LogP contribution in [0.4, 0.5) is 0 Å². The first kappa shape index (κ1) is 17.8. The first-order valence-electron chi connectivity index (χ1n) is 8.62. The zero-order chi connectivity index (χ0) is 12.9. The molecule has 4 saturated carbocycles. The summed E-state index contributed by atoms with van der Waals surface area (Å²) in [5, 5.41) is 0. The molecule has 0 unspecified atom stereocenters. The quantitative estimate of drug-likeness (QED) is 0.776. The fraction of sp³-hybridized carbons (Fsp3) is 1.00. The van der Waals surface area contributed by atoms with Gasteiger partial charge in [-0.05, 0) is 81.7 Å². The van der Waals surface area contributed by atoms with Crippen molar-refractivity contribution < 1.29 is 0 Å². The van der Waals surface area contributed by atoms with Gasteiger partial charge in [-0.3, -0.25) is 0 Å². The van der Waals surface area contributed by atoms with Crippen LogP contribution in [-0.4, -0.2) is 49.6 Å². The molecule has 0 amide bonds. The van der Waals surface area contributed by atoms with E-state index in [1.807, 2.05) is 0 Å². The summed E-state index contributed by atoms with van der Waals surface area (Å²) >= 11 is 0. The van der Waals surface area contributed by atoms with E-state index in [2.05, 4.69) is 16.8 Å². The van der Waals surface area contributed by atoms with E-state index in [0.29, 0.717) is 0 Å². The van der Waals surface area contributed by atoms with Crippen molar-refractivity contribution >= 4 is 24.8 Å². The first-order valence-corrected chi connectivity index (χ1v) is 8.62. The molecule has 0 N–H and O–H groups in total. The van der Waals surface area contributed by atoms with Gasteiger partial charge in [0, 0.05) is 26.2 Å². The summed E-state index contributed by atoms with van der Waals surface area (Å²) in [4.78, 5) is 5.21. The van der Waals surface area contributed by atoms with Gasteiger partial charge in [0.25, 0.3) is 0 Å². The van der Waals surface area contributed by atoms with Crippen molar-refractivity contribution in [3.8, 4) is 0 Å². The Labute approximate surface area is 142 Å². The minimum atomic E-state index is 0. The van der Waals surface area contributed by atoms with Gasteiger partial charge in [-0.1, -0.05) is 0 Å². The largest absolute Gasteiger partial charge is 0.304 e. The predicted molar refractivity (Wildman–Crippen MR) is 93.7 cm³/mol. The summed E-state index contributed by atoms with van der Waals surface area (Å²) in [6.07, 6.45) is 11.1. The molecule has 1 aliphatic heterocycles. The normalized spacial score (nSPS) is 42.4. The lowest BCUT2D eigenvalue weighted by Crippen LogP contribution is -2.49. The summed E-state index contributed by atoms with van der Waals surface area (Å²) in [5.41, 5.74) is 0.790. The number of hydrogen-bond acceptors (Lipinski definition) is 2. The van der Waals surface area contributed by atoms with Gasteiger partial charge in [-0.15, -0.1) is 24.8 Å². The zero-order valence-electron chi connectivity index (χ0n) is 13.4. The van der Waals surface area contributed by atoms with Crippen LogP contribution in [0.2, 0.25) is 0 Å². The molecule has 5 rings (SSSR count). The molecule has 1 saturated heterocycles. The Bertz CT molecular complexity index is 304. The molecule has 21 heavy (non-hydrogen) atoms. The topological polar surface area (TPSA) is 6.48 Å². The van der Waals surface area contributed by atoms with E-state index in [4.69, 9.17) is 0 Å².